The summed E-state index contributed by atoms with van der Waals surface area (Å²) < 4.78 is 36.6. The Morgan fingerprint density at radius 2 is 1.74 bits per heavy atom. The highest BCUT2D eigenvalue weighted by Crippen LogP contribution is 2.47. The van der Waals surface area contributed by atoms with E-state index in [1.807, 2.05) is 19.1 Å². The van der Waals surface area contributed by atoms with E-state index >= 15 is 0 Å². The molecule has 1 atom stereocenters. The Morgan fingerprint density at radius 1 is 1.13 bits per heavy atom. The van der Waals surface area contributed by atoms with Gasteiger partial charge in [0, 0.05) is 17.1 Å². The van der Waals surface area contributed by atoms with Crippen molar-refractivity contribution >= 4 is 10.0 Å². The van der Waals surface area contributed by atoms with Gasteiger partial charge in [0.15, 0.2) is 0 Å². The first-order chi connectivity index (χ1) is 10.8. The first-order valence-electron chi connectivity index (χ1n) is 7.47. The number of sulfonamides is 1. The predicted molar refractivity (Wildman–Crippen MR) is 86.7 cm³/mol. The first-order valence-corrected chi connectivity index (χ1v) is 9.02. The van der Waals surface area contributed by atoms with E-state index in [1.165, 1.54) is 18.2 Å². The molecule has 6 heteroatoms. The Balaban J connectivity index is 1.80. The fraction of sp³-hybridized carbons (Fsp3) is 0.294. The molecule has 2 aromatic carbocycles. The molecule has 0 amide bonds. The zero-order valence-electron chi connectivity index (χ0n) is 12.8. The van der Waals surface area contributed by atoms with Crippen LogP contribution in [-0.4, -0.2) is 8.42 Å². The summed E-state index contributed by atoms with van der Waals surface area (Å²) in [7, 11) is -3.69. The van der Waals surface area contributed by atoms with E-state index in [-0.39, 0.29) is 22.3 Å². The summed E-state index contributed by atoms with van der Waals surface area (Å²) >= 11 is 0. The maximum absolute atomic E-state index is 14.0. The van der Waals surface area contributed by atoms with Crippen LogP contribution in [0.1, 0.15) is 36.9 Å². The van der Waals surface area contributed by atoms with Crippen LogP contribution < -0.4 is 10.5 Å². The smallest absolute Gasteiger partial charge is 0.238 e. The zero-order chi connectivity index (χ0) is 16.7. The first kappa shape index (κ1) is 16.1. The van der Waals surface area contributed by atoms with Crippen molar-refractivity contribution in [3.63, 3.8) is 0 Å². The predicted octanol–water partition coefficient (Wildman–Crippen LogP) is 2.81. The Kier molecular flexibility index (Phi) is 4.00. The van der Waals surface area contributed by atoms with Gasteiger partial charge in [-0.3, -0.25) is 0 Å². The topological polar surface area (TPSA) is 72.2 Å². The molecule has 0 unspecified atom stereocenters. The molecule has 1 aliphatic rings. The maximum Gasteiger partial charge on any atom is 0.238 e. The monoisotopic (exact) mass is 334 g/mol. The molecule has 1 aliphatic carbocycles. The van der Waals surface area contributed by atoms with Gasteiger partial charge in [0.2, 0.25) is 10.0 Å². The molecular formula is C17H19FN2O2S. The second kappa shape index (κ2) is 5.70. The quantitative estimate of drug-likeness (QED) is 0.883. The molecule has 0 aromatic heterocycles. The number of nitrogens with two attached hydrogens (primary N) is 1. The standard InChI is InChI=1S/C17H19FN2O2S/c1-12(13-6-8-14(9-7-13)23(19,21)22)20-17(10-11-17)15-4-2-3-5-16(15)18/h2-9,12,20H,10-11H2,1H3,(H2,19,21,22)/t12-/m0/s1. The summed E-state index contributed by atoms with van der Waals surface area (Å²) in [6.45, 7) is 1.98. The third-order valence-electron chi connectivity index (χ3n) is 4.34. The summed E-state index contributed by atoms with van der Waals surface area (Å²) in [4.78, 5) is 0.0867. The molecule has 1 saturated carbocycles. The summed E-state index contributed by atoms with van der Waals surface area (Å²) in [6.07, 6.45) is 1.76. The van der Waals surface area contributed by atoms with Crippen molar-refractivity contribution in [3.05, 3.63) is 65.5 Å². The van der Waals surface area contributed by atoms with Crippen LogP contribution in [0.4, 0.5) is 4.39 Å². The van der Waals surface area contributed by atoms with Crippen LogP contribution in [0.3, 0.4) is 0 Å². The molecule has 0 saturated heterocycles. The van der Waals surface area contributed by atoms with Crippen molar-refractivity contribution in [2.75, 3.05) is 0 Å². The van der Waals surface area contributed by atoms with E-state index in [1.54, 1.807) is 18.2 Å². The molecular weight excluding hydrogens is 315 g/mol. The Bertz CT molecular complexity index is 815. The van der Waals surface area contributed by atoms with Gasteiger partial charge in [-0.25, -0.2) is 17.9 Å². The van der Waals surface area contributed by atoms with E-state index < -0.39 is 10.0 Å². The van der Waals surface area contributed by atoms with Crippen molar-refractivity contribution < 1.29 is 12.8 Å². The molecule has 3 N–H and O–H groups in total. The summed E-state index contributed by atoms with van der Waals surface area (Å²) in [6, 6.07) is 13.2. The highest BCUT2D eigenvalue weighted by atomic mass is 32.2. The van der Waals surface area contributed by atoms with Gasteiger partial charge >= 0.3 is 0 Å². The van der Waals surface area contributed by atoms with Crippen LogP contribution in [0.15, 0.2) is 53.4 Å². The van der Waals surface area contributed by atoms with E-state index in [0.29, 0.717) is 5.56 Å². The second-order valence-electron chi connectivity index (χ2n) is 6.04. The van der Waals surface area contributed by atoms with Crippen molar-refractivity contribution in [2.45, 2.75) is 36.2 Å². The summed E-state index contributed by atoms with van der Waals surface area (Å²) in [5.41, 5.74) is 1.29. The molecule has 0 bridgehead atoms. The second-order valence-corrected chi connectivity index (χ2v) is 7.60. The minimum absolute atomic E-state index is 0.0355. The molecule has 23 heavy (non-hydrogen) atoms. The number of benzene rings is 2. The van der Waals surface area contributed by atoms with Crippen LogP contribution in [0, 0.1) is 5.82 Å². The van der Waals surface area contributed by atoms with Gasteiger partial charge in [0.05, 0.1) is 4.90 Å². The lowest BCUT2D eigenvalue weighted by Crippen LogP contribution is -2.32. The van der Waals surface area contributed by atoms with Gasteiger partial charge in [0.1, 0.15) is 5.82 Å². The fourth-order valence-electron chi connectivity index (χ4n) is 2.91. The lowest BCUT2D eigenvalue weighted by molar-refractivity contribution is 0.432. The third kappa shape index (κ3) is 3.29. The van der Waals surface area contributed by atoms with Crippen molar-refractivity contribution in [1.82, 2.24) is 5.32 Å². The minimum atomic E-state index is -3.69. The Morgan fingerprint density at radius 3 is 2.26 bits per heavy atom. The van der Waals surface area contributed by atoms with E-state index in [2.05, 4.69) is 5.32 Å². The minimum Gasteiger partial charge on any atom is -0.301 e. The molecule has 0 spiro atoms. The number of primary sulfonamides is 1. The Hall–Kier alpha value is -1.76. The van der Waals surface area contributed by atoms with Gasteiger partial charge < -0.3 is 5.32 Å². The Labute approximate surface area is 135 Å². The van der Waals surface area contributed by atoms with Crippen LogP contribution in [0.5, 0.6) is 0 Å². The van der Waals surface area contributed by atoms with E-state index in [4.69, 9.17) is 5.14 Å². The largest absolute Gasteiger partial charge is 0.301 e. The van der Waals surface area contributed by atoms with Gasteiger partial charge in [-0.2, -0.15) is 0 Å². The highest BCUT2D eigenvalue weighted by Gasteiger charge is 2.46. The van der Waals surface area contributed by atoms with Crippen molar-refractivity contribution in [3.8, 4) is 0 Å². The molecule has 122 valence electrons. The van der Waals surface area contributed by atoms with Crippen LogP contribution in [-0.2, 0) is 15.6 Å². The van der Waals surface area contributed by atoms with Crippen molar-refractivity contribution in [1.29, 1.82) is 0 Å². The highest BCUT2D eigenvalue weighted by molar-refractivity contribution is 7.89. The SMILES string of the molecule is C[C@H](NC1(c2ccccc2F)CC1)c1ccc(S(N)(=O)=O)cc1. The number of nitrogens with one attached hydrogen (secondary N) is 1. The van der Waals surface area contributed by atoms with E-state index in [0.717, 1.165) is 18.4 Å². The number of rotatable bonds is 5. The number of hydrogen-bond donors (Lipinski definition) is 2. The van der Waals surface area contributed by atoms with Gasteiger partial charge in [-0.05, 0) is 43.5 Å². The third-order valence-corrected chi connectivity index (χ3v) is 5.27. The van der Waals surface area contributed by atoms with Gasteiger partial charge in [-0.15, -0.1) is 0 Å². The molecule has 3 rings (SSSR count). The molecule has 1 fully saturated rings. The zero-order valence-corrected chi connectivity index (χ0v) is 13.6. The molecule has 0 heterocycles. The van der Waals surface area contributed by atoms with Gasteiger partial charge in [-0.1, -0.05) is 30.3 Å². The van der Waals surface area contributed by atoms with Crippen LogP contribution in [0.2, 0.25) is 0 Å². The fourth-order valence-corrected chi connectivity index (χ4v) is 3.43. The lowest BCUT2D eigenvalue weighted by Gasteiger charge is -2.24. The number of halogens is 1. The average Bonchev–Trinajstić information content (AvgIpc) is 3.27. The normalized spacial score (nSPS) is 17.7. The molecule has 0 radical (unpaired) electrons. The average molecular weight is 334 g/mol. The van der Waals surface area contributed by atoms with Crippen LogP contribution in [0.25, 0.3) is 0 Å². The summed E-state index contributed by atoms with van der Waals surface area (Å²) in [5.74, 6) is -0.200. The summed E-state index contributed by atoms with van der Waals surface area (Å²) in [5, 5.41) is 8.58. The van der Waals surface area contributed by atoms with Gasteiger partial charge in [0.25, 0.3) is 0 Å². The molecule has 0 aliphatic heterocycles. The number of hydrogen-bond acceptors (Lipinski definition) is 3. The molecule has 4 nitrogen and oxygen atoms in total. The van der Waals surface area contributed by atoms with Crippen molar-refractivity contribution in [2.24, 2.45) is 5.14 Å². The maximum atomic E-state index is 14.0. The lowest BCUT2D eigenvalue weighted by atomic mass is 10.0. The van der Waals surface area contributed by atoms with Crippen LogP contribution >= 0.6 is 0 Å². The molecule has 2 aromatic rings. The van der Waals surface area contributed by atoms with E-state index in [9.17, 15) is 12.8 Å².